The van der Waals surface area contributed by atoms with E-state index in [1.807, 2.05) is 49.4 Å². The van der Waals surface area contributed by atoms with Gasteiger partial charge in [0, 0.05) is 16.8 Å². The quantitative estimate of drug-likeness (QED) is 0.714. The molecule has 1 aromatic heterocycles. The first-order valence-corrected chi connectivity index (χ1v) is 8.34. The first kappa shape index (κ1) is 15.9. The van der Waals surface area contributed by atoms with E-state index < -0.39 is 0 Å². The molecule has 26 heavy (non-hydrogen) atoms. The molecule has 0 saturated heterocycles. The van der Waals surface area contributed by atoms with Crippen LogP contribution in [0, 0.1) is 18.4 Å². The highest BCUT2D eigenvalue weighted by Crippen LogP contribution is 2.29. The molecular formula is C20H17N5O. The molecule has 0 aliphatic carbocycles. The summed E-state index contributed by atoms with van der Waals surface area (Å²) in [4.78, 5) is 14.3. The van der Waals surface area contributed by atoms with Crippen LogP contribution in [0.2, 0.25) is 0 Å². The van der Waals surface area contributed by atoms with Crippen molar-refractivity contribution >= 4 is 11.6 Å². The van der Waals surface area contributed by atoms with Crippen LogP contribution in [0.3, 0.4) is 0 Å². The van der Waals surface area contributed by atoms with E-state index in [-0.39, 0.29) is 5.91 Å². The largest absolute Gasteiger partial charge is 0.320 e. The molecule has 1 aliphatic rings. The van der Waals surface area contributed by atoms with E-state index in [1.54, 1.807) is 11.0 Å². The van der Waals surface area contributed by atoms with Crippen molar-refractivity contribution in [2.24, 2.45) is 0 Å². The van der Waals surface area contributed by atoms with Crippen molar-refractivity contribution < 1.29 is 4.79 Å². The molecule has 1 aliphatic heterocycles. The Balaban J connectivity index is 1.57. The monoisotopic (exact) mass is 343 g/mol. The number of carbonyl (C=O) groups excluding carboxylic acids is 1. The van der Waals surface area contributed by atoms with Gasteiger partial charge in [-0.2, -0.15) is 10.4 Å². The summed E-state index contributed by atoms with van der Waals surface area (Å²) < 4.78 is 0. The zero-order chi connectivity index (χ0) is 18.1. The maximum Gasteiger partial charge on any atom is 0.273 e. The maximum atomic E-state index is 12.6. The Hall–Kier alpha value is -3.59. The van der Waals surface area contributed by atoms with E-state index in [9.17, 15) is 4.79 Å². The Morgan fingerprint density at radius 2 is 2.08 bits per heavy atom. The molecule has 0 atom stereocenters. The number of aromatic nitrogens is 2. The second-order valence-electron chi connectivity index (χ2n) is 6.34. The van der Waals surface area contributed by atoms with E-state index >= 15 is 0 Å². The van der Waals surface area contributed by atoms with Crippen molar-refractivity contribution in [3.63, 3.8) is 0 Å². The van der Waals surface area contributed by atoms with E-state index in [0.717, 1.165) is 33.6 Å². The van der Waals surface area contributed by atoms with Crippen molar-refractivity contribution in [1.82, 2.24) is 15.1 Å². The van der Waals surface area contributed by atoms with Crippen molar-refractivity contribution in [3.05, 3.63) is 70.9 Å². The number of amides is 1. The summed E-state index contributed by atoms with van der Waals surface area (Å²) in [5, 5.41) is 19.1. The highest BCUT2D eigenvalue weighted by molar-refractivity contribution is 6.04. The highest BCUT2D eigenvalue weighted by atomic mass is 16.1. The van der Waals surface area contributed by atoms with Gasteiger partial charge in [-0.3, -0.25) is 9.89 Å². The minimum absolute atomic E-state index is 0.249. The van der Waals surface area contributed by atoms with Gasteiger partial charge in [0.15, 0.2) is 6.19 Å². The van der Waals surface area contributed by atoms with Crippen LogP contribution in [0.25, 0.3) is 11.3 Å². The number of H-pyrrole nitrogens is 1. The van der Waals surface area contributed by atoms with Gasteiger partial charge in [-0.05, 0) is 30.2 Å². The lowest BCUT2D eigenvalue weighted by Crippen LogP contribution is -2.14. The number of hydrogen-bond acceptors (Lipinski definition) is 4. The molecule has 6 heteroatoms. The summed E-state index contributed by atoms with van der Waals surface area (Å²) in [5.74, 6) is -0.249. The molecule has 2 heterocycles. The molecule has 0 saturated carbocycles. The zero-order valence-corrected chi connectivity index (χ0v) is 14.3. The van der Waals surface area contributed by atoms with E-state index in [0.29, 0.717) is 18.8 Å². The molecule has 0 unspecified atom stereocenters. The van der Waals surface area contributed by atoms with Gasteiger partial charge in [0.25, 0.3) is 5.91 Å². The predicted octanol–water partition coefficient (Wildman–Crippen LogP) is 3.43. The lowest BCUT2D eigenvalue weighted by molar-refractivity contribution is 0.102. The van der Waals surface area contributed by atoms with E-state index in [1.165, 1.54) is 0 Å². The molecule has 0 spiro atoms. The lowest BCUT2D eigenvalue weighted by Gasteiger charge is -2.09. The number of nitrogens with one attached hydrogen (secondary N) is 2. The molecule has 6 nitrogen and oxygen atoms in total. The van der Waals surface area contributed by atoms with Crippen LogP contribution >= 0.6 is 0 Å². The Kier molecular flexibility index (Phi) is 3.90. The van der Waals surface area contributed by atoms with Crippen LogP contribution in [-0.4, -0.2) is 21.0 Å². The normalized spacial score (nSPS) is 12.5. The van der Waals surface area contributed by atoms with Crippen molar-refractivity contribution in [2.75, 3.05) is 5.32 Å². The number of benzene rings is 2. The summed E-state index contributed by atoms with van der Waals surface area (Å²) in [7, 11) is 0. The average molecular weight is 343 g/mol. The van der Waals surface area contributed by atoms with Crippen molar-refractivity contribution in [3.8, 4) is 17.5 Å². The number of nitrogens with zero attached hydrogens (tertiary/aromatic N) is 3. The summed E-state index contributed by atoms with van der Waals surface area (Å²) in [6.07, 6.45) is 2.15. The molecule has 2 aromatic carbocycles. The third kappa shape index (κ3) is 2.80. The number of hydrogen-bond donors (Lipinski definition) is 2. The van der Waals surface area contributed by atoms with Crippen LogP contribution in [-0.2, 0) is 13.1 Å². The van der Waals surface area contributed by atoms with Crippen LogP contribution in [0.1, 0.15) is 27.2 Å². The number of aryl methyl sites for hydroxylation is 1. The van der Waals surface area contributed by atoms with Crippen LogP contribution in [0.5, 0.6) is 0 Å². The zero-order valence-electron chi connectivity index (χ0n) is 14.3. The summed E-state index contributed by atoms with van der Waals surface area (Å²) in [6, 6.07) is 15.4. The molecule has 0 fully saturated rings. The lowest BCUT2D eigenvalue weighted by atomic mass is 10.1. The minimum atomic E-state index is -0.249. The first-order valence-electron chi connectivity index (χ1n) is 8.34. The van der Waals surface area contributed by atoms with Crippen LogP contribution < -0.4 is 5.32 Å². The van der Waals surface area contributed by atoms with Gasteiger partial charge in [0.1, 0.15) is 5.69 Å². The average Bonchev–Trinajstić information content (AvgIpc) is 3.29. The van der Waals surface area contributed by atoms with Crippen molar-refractivity contribution in [2.45, 2.75) is 20.0 Å². The standard InChI is InChI=1S/C20H17N5O/c1-13-5-2-3-7-15(13)18-9-19(24-23-18)20(26)22-17-8-4-6-14-10-25(12-21)11-16(14)17/h2-9H,10-11H2,1H3,(H,22,26)(H,23,24). The molecule has 2 N–H and O–H groups in total. The maximum absolute atomic E-state index is 12.6. The third-order valence-corrected chi connectivity index (χ3v) is 4.62. The first-order chi connectivity index (χ1) is 12.7. The number of nitriles is 1. The van der Waals surface area contributed by atoms with Gasteiger partial charge < -0.3 is 10.2 Å². The van der Waals surface area contributed by atoms with Crippen LogP contribution in [0.4, 0.5) is 5.69 Å². The van der Waals surface area contributed by atoms with Gasteiger partial charge in [0.05, 0.1) is 18.8 Å². The highest BCUT2D eigenvalue weighted by Gasteiger charge is 2.22. The topological polar surface area (TPSA) is 84.8 Å². The number of anilines is 1. The van der Waals surface area contributed by atoms with Gasteiger partial charge in [-0.15, -0.1) is 0 Å². The predicted molar refractivity (Wildman–Crippen MR) is 98.0 cm³/mol. The molecule has 4 rings (SSSR count). The second kappa shape index (κ2) is 6.37. The SMILES string of the molecule is Cc1ccccc1-c1cc(C(=O)Nc2cccc3c2CN(C#N)C3)[nH]n1. The summed E-state index contributed by atoms with van der Waals surface area (Å²) >= 11 is 0. The fraction of sp³-hybridized carbons (Fsp3) is 0.150. The Morgan fingerprint density at radius 3 is 2.88 bits per heavy atom. The minimum Gasteiger partial charge on any atom is -0.320 e. The Bertz CT molecular complexity index is 1030. The van der Waals surface area contributed by atoms with Crippen LogP contribution in [0.15, 0.2) is 48.5 Å². The van der Waals surface area contributed by atoms with Gasteiger partial charge >= 0.3 is 0 Å². The fourth-order valence-electron chi connectivity index (χ4n) is 3.24. The number of aromatic amines is 1. The van der Waals surface area contributed by atoms with E-state index in [2.05, 4.69) is 21.7 Å². The van der Waals surface area contributed by atoms with Gasteiger partial charge in [-0.25, -0.2) is 0 Å². The summed E-state index contributed by atoms with van der Waals surface area (Å²) in [5.41, 5.74) is 6.02. The third-order valence-electron chi connectivity index (χ3n) is 4.62. The molecule has 1 amide bonds. The molecule has 0 bridgehead atoms. The summed E-state index contributed by atoms with van der Waals surface area (Å²) in [6.45, 7) is 3.11. The van der Waals surface area contributed by atoms with Gasteiger partial charge in [0.2, 0.25) is 0 Å². The number of rotatable bonds is 3. The molecular weight excluding hydrogens is 326 g/mol. The Morgan fingerprint density at radius 1 is 1.23 bits per heavy atom. The second-order valence-corrected chi connectivity index (χ2v) is 6.34. The van der Waals surface area contributed by atoms with E-state index in [4.69, 9.17) is 5.26 Å². The molecule has 3 aromatic rings. The molecule has 0 radical (unpaired) electrons. The van der Waals surface area contributed by atoms with Crippen molar-refractivity contribution in [1.29, 1.82) is 5.26 Å². The molecule has 128 valence electrons. The smallest absolute Gasteiger partial charge is 0.273 e. The van der Waals surface area contributed by atoms with Gasteiger partial charge in [-0.1, -0.05) is 36.4 Å². The number of carbonyl (C=O) groups is 1. The fourth-order valence-corrected chi connectivity index (χ4v) is 3.24. The number of fused-ring (bicyclic) bond motifs is 1. The Labute approximate surface area is 151 Å².